The van der Waals surface area contributed by atoms with Gasteiger partial charge in [-0.3, -0.25) is 30.6 Å². The zero-order valence-electron chi connectivity index (χ0n) is 14.5. The predicted octanol–water partition coefficient (Wildman–Crippen LogP) is 2.61. The second-order valence-corrected chi connectivity index (χ2v) is 6.55. The number of halogens is 3. The molecule has 0 bridgehead atoms. The molecule has 3 N–H and O–H groups in total. The molecule has 0 aliphatic heterocycles. The molecule has 1 unspecified atom stereocenters. The second kappa shape index (κ2) is 7.58. The van der Waals surface area contributed by atoms with Crippen molar-refractivity contribution in [2.24, 2.45) is 5.41 Å². The van der Waals surface area contributed by atoms with Crippen LogP contribution in [0.15, 0.2) is 18.2 Å². The third kappa shape index (κ3) is 5.60. The molecule has 2 amide bonds. The first-order chi connectivity index (χ1) is 11.7. The molecule has 0 aliphatic carbocycles. The van der Waals surface area contributed by atoms with Crippen LogP contribution in [0, 0.1) is 15.5 Å². The summed E-state index contributed by atoms with van der Waals surface area (Å²) in [6.45, 7) is 6.34. The molecule has 0 aromatic heterocycles. The van der Waals surface area contributed by atoms with Gasteiger partial charge in [-0.15, -0.1) is 0 Å². The number of nitro groups is 1. The second-order valence-electron chi connectivity index (χ2n) is 6.55. The summed E-state index contributed by atoms with van der Waals surface area (Å²) in [5.41, 5.74) is 1.23. The van der Waals surface area contributed by atoms with Crippen molar-refractivity contribution in [3.63, 3.8) is 0 Å². The van der Waals surface area contributed by atoms with E-state index >= 15 is 0 Å². The SMILES string of the molecule is CC(NC(=O)C(C)(C)C)C(=O)NNc1ccc(C(F)(F)F)cc1[N+](=O)[O-]. The van der Waals surface area contributed by atoms with E-state index in [2.05, 4.69) is 16.2 Å². The van der Waals surface area contributed by atoms with Gasteiger partial charge in [0.05, 0.1) is 10.5 Å². The molecule has 1 aromatic carbocycles. The predicted molar refractivity (Wildman–Crippen MR) is 86.9 cm³/mol. The lowest BCUT2D eigenvalue weighted by atomic mass is 9.95. The lowest BCUT2D eigenvalue weighted by Crippen LogP contribution is -2.49. The number of hydrazine groups is 1. The van der Waals surface area contributed by atoms with Gasteiger partial charge in [0.25, 0.3) is 11.6 Å². The molecular weight excluding hydrogens is 357 g/mol. The van der Waals surface area contributed by atoms with Crippen LogP contribution in [0.25, 0.3) is 0 Å². The summed E-state index contributed by atoms with van der Waals surface area (Å²) in [5.74, 6) is -1.11. The Morgan fingerprint density at radius 1 is 1.19 bits per heavy atom. The quantitative estimate of drug-likeness (QED) is 0.540. The zero-order chi connectivity index (χ0) is 20.3. The number of hydrogen-bond acceptors (Lipinski definition) is 5. The Morgan fingerprint density at radius 2 is 1.77 bits per heavy atom. The van der Waals surface area contributed by atoms with Crippen LogP contribution >= 0.6 is 0 Å². The zero-order valence-corrected chi connectivity index (χ0v) is 14.5. The number of nitrogens with one attached hydrogen (secondary N) is 3. The molecule has 0 aliphatic rings. The van der Waals surface area contributed by atoms with Crippen molar-refractivity contribution in [1.29, 1.82) is 0 Å². The van der Waals surface area contributed by atoms with E-state index in [1.165, 1.54) is 6.92 Å². The molecule has 0 saturated carbocycles. The van der Waals surface area contributed by atoms with Crippen LogP contribution in [0.3, 0.4) is 0 Å². The minimum Gasteiger partial charge on any atom is -0.344 e. The smallest absolute Gasteiger partial charge is 0.344 e. The molecule has 0 saturated heterocycles. The maximum absolute atomic E-state index is 12.6. The van der Waals surface area contributed by atoms with Gasteiger partial charge in [0.2, 0.25) is 5.91 Å². The van der Waals surface area contributed by atoms with E-state index in [1.807, 2.05) is 0 Å². The van der Waals surface area contributed by atoms with Gasteiger partial charge in [-0.25, -0.2) is 0 Å². The average Bonchev–Trinajstić information content (AvgIpc) is 2.50. The summed E-state index contributed by atoms with van der Waals surface area (Å²) in [6, 6.07) is 0.869. The highest BCUT2D eigenvalue weighted by atomic mass is 19.4. The molecule has 26 heavy (non-hydrogen) atoms. The number of rotatable bonds is 5. The third-order valence-electron chi connectivity index (χ3n) is 3.26. The van der Waals surface area contributed by atoms with E-state index in [0.29, 0.717) is 12.1 Å². The maximum Gasteiger partial charge on any atom is 0.416 e. The minimum atomic E-state index is -4.74. The summed E-state index contributed by atoms with van der Waals surface area (Å²) >= 11 is 0. The summed E-state index contributed by atoms with van der Waals surface area (Å²) in [5, 5.41) is 13.4. The highest BCUT2D eigenvalue weighted by molar-refractivity contribution is 5.90. The molecule has 8 nitrogen and oxygen atoms in total. The number of nitrogens with zero attached hydrogens (tertiary/aromatic N) is 1. The van der Waals surface area contributed by atoms with Crippen LogP contribution in [0.1, 0.15) is 33.3 Å². The fourth-order valence-corrected chi connectivity index (χ4v) is 1.68. The Bertz CT molecular complexity index is 714. The molecule has 0 heterocycles. The molecule has 1 atom stereocenters. The minimum absolute atomic E-state index is 0.328. The molecule has 11 heteroatoms. The number of hydrogen-bond donors (Lipinski definition) is 3. The Balaban J connectivity index is 2.85. The number of anilines is 1. The van der Waals surface area contributed by atoms with Crippen molar-refractivity contribution in [2.45, 2.75) is 39.9 Å². The molecule has 1 aromatic rings. The standard InChI is InChI=1S/C15H19F3N4O4/c1-8(19-13(24)14(2,3)4)12(23)21-20-10-6-5-9(15(16,17)18)7-11(10)22(25)26/h5-8,20H,1-4H3,(H,19,24)(H,21,23). The van der Waals surface area contributed by atoms with Crippen LogP contribution in [-0.2, 0) is 15.8 Å². The van der Waals surface area contributed by atoms with Crippen molar-refractivity contribution < 1.29 is 27.7 Å². The van der Waals surface area contributed by atoms with Crippen molar-refractivity contribution in [3.8, 4) is 0 Å². The van der Waals surface area contributed by atoms with Crippen molar-refractivity contribution in [1.82, 2.24) is 10.7 Å². The Labute approximate surface area is 147 Å². The fraction of sp³-hybridized carbons (Fsp3) is 0.467. The highest BCUT2D eigenvalue weighted by Crippen LogP contribution is 2.34. The fourth-order valence-electron chi connectivity index (χ4n) is 1.68. The normalized spacial score (nSPS) is 12.9. The van der Waals surface area contributed by atoms with Gasteiger partial charge in [0.15, 0.2) is 0 Å². The monoisotopic (exact) mass is 376 g/mol. The summed E-state index contributed by atoms with van der Waals surface area (Å²) in [6.07, 6.45) is -4.74. The number of benzene rings is 1. The van der Waals surface area contributed by atoms with Gasteiger partial charge in [0.1, 0.15) is 11.7 Å². The Morgan fingerprint density at radius 3 is 2.23 bits per heavy atom. The summed E-state index contributed by atoms with van der Waals surface area (Å²) in [7, 11) is 0. The summed E-state index contributed by atoms with van der Waals surface area (Å²) < 4.78 is 37.9. The lowest BCUT2D eigenvalue weighted by Gasteiger charge is -2.21. The molecule has 1 rings (SSSR count). The lowest BCUT2D eigenvalue weighted by molar-refractivity contribution is -0.384. The van der Waals surface area contributed by atoms with E-state index in [9.17, 15) is 32.9 Å². The largest absolute Gasteiger partial charge is 0.416 e. The van der Waals surface area contributed by atoms with E-state index in [-0.39, 0.29) is 11.6 Å². The van der Waals surface area contributed by atoms with Crippen LogP contribution in [0.4, 0.5) is 24.5 Å². The first kappa shape index (κ1) is 21.2. The number of carbonyl (C=O) groups is 2. The first-order valence-electron chi connectivity index (χ1n) is 7.46. The summed E-state index contributed by atoms with van der Waals surface area (Å²) in [4.78, 5) is 33.7. The van der Waals surface area contributed by atoms with E-state index in [0.717, 1.165) is 6.07 Å². The molecule has 0 radical (unpaired) electrons. The molecule has 0 spiro atoms. The Hall–Kier alpha value is -2.85. The number of carbonyl (C=O) groups excluding carboxylic acids is 2. The van der Waals surface area contributed by atoms with Gasteiger partial charge in [0, 0.05) is 11.5 Å². The van der Waals surface area contributed by atoms with E-state index < -0.39 is 39.7 Å². The van der Waals surface area contributed by atoms with Crippen molar-refractivity contribution in [3.05, 3.63) is 33.9 Å². The van der Waals surface area contributed by atoms with Crippen LogP contribution in [0.2, 0.25) is 0 Å². The highest BCUT2D eigenvalue weighted by Gasteiger charge is 2.33. The van der Waals surface area contributed by atoms with E-state index in [1.54, 1.807) is 20.8 Å². The van der Waals surface area contributed by atoms with Gasteiger partial charge < -0.3 is 5.32 Å². The van der Waals surface area contributed by atoms with E-state index in [4.69, 9.17) is 0 Å². The Kier molecular flexibility index (Phi) is 6.18. The maximum atomic E-state index is 12.6. The molecular formula is C15H19F3N4O4. The number of nitro benzene ring substituents is 1. The number of alkyl halides is 3. The van der Waals surface area contributed by atoms with Gasteiger partial charge in [-0.05, 0) is 19.1 Å². The number of amides is 2. The van der Waals surface area contributed by atoms with Crippen molar-refractivity contribution in [2.75, 3.05) is 5.43 Å². The first-order valence-corrected chi connectivity index (χ1v) is 7.46. The average molecular weight is 376 g/mol. The third-order valence-corrected chi connectivity index (χ3v) is 3.26. The molecule has 0 fully saturated rings. The van der Waals surface area contributed by atoms with Crippen LogP contribution in [-0.4, -0.2) is 22.8 Å². The van der Waals surface area contributed by atoms with Gasteiger partial charge in [-0.2, -0.15) is 13.2 Å². The van der Waals surface area contributed by atoms with Crippen molar-refractivity contribution >= 4 is 23.2 Å². The molecule has 144 valence electrons. The van der Waals surface area contributed by atoms with Crippen LogP contribution < -0.4 is 16.2 Å². The van der Waals surface area contributed by atoms with Gasteiger partial charge >= 0.3 is 6.18 Å². The van der Waals surface area contributed by atoms with Gasteiger partial charge in [-0.1, -0.05) is 20.8 Å². The van der Waals surface area contributed by atoms with Crippen LogP contribution in [0.5, 0.6) is 0 Å². The topological polar surface area (TPSA) is 113 Å².